The van der Waals surface area contributed by atoms with Gasteiger partial charge in [0.05, 0.1) is 0 Å². The van der Waals surface area contributed by atoms with Gasteiger partial charge >= 0.3 is 0 Å². The number of rotatable bonds is 2. The Morgan fingerprint density at radius 3 is 2.61 bits per heavy atom. The number of hydrogen-bond acceptors (Lipinski definition) is 2. The molecule has 2 N–H and O–H groups in total. The van der Waals surface area contributed by atoms with E-state index in [0.29, 0.717) is 11.5 Å². The Balaban J connectivity index is 0.00000156. The molecule has 0 aromatic heterocycles. The number of carbonyl (C=O) groups excluding carboxylic acids is 1. The standard InChI is InChI=1S/C19H26N2O.ClH/c1-18(2)15-6-7-19(18,3)16(9-15)21-17(22)12-4-5-13-10-20-11-14(13)8-12;/h4-5,8,15-16,20H,6-7,9-11H2,1-3H3,(H,21,22);1H. The highest BCUT2D eigenvalue weighted by Gasteiger charge is 2.61. The highest BCUT2D eigenvalue weighted by atomic mass is 35.5. The lowest BCUT2D eigenvalue weighted by Crippen LogP contribution is -2.46. The van der Waals surface area contributed by atoms with Crippen LogP contribution in [0.3, 0.4) is 0 Å². The average Bonchev–Trinajstić information content (AvgIpc) is 3.08. The van der Waals surface area contributed by atoms with Crippen molar-refractivity contribution in [2.75, 3.05) is 0 Å². The summed E-state index contributed by atoms with van der Waals surface area (Å²) >= 11 is 0. The van der Waals surface area contributed by atoms with E-state index in [0.717, 1.165) is 31.0 Å². The normalized spacial score (nSPS) is 33.2. The zero-order valence-corrected chi connectivity index (χ0v) is 15.1. The number of nitrogens with one attached hydrogen (secondary N) is 2. The van der Waals surface area contributed by atoms with E-state index in [9.17, 15) is 4.79 Å². The lowest BCUT2D eigenvalue weighted by molar-refractivity contribution is 0.0826. The van der Waals surface area contributed by atoms with Crippen LogP contribution < -0.4 is 10.6 Å². The van der Waals surface area contributed by atoms with Crippen molar-refractivity contribution in [1.29, 1.82) is 0 Å². The zero-order valence-electron chi connectivity index (χ0n) is 14.2. The molecule has 1 heterocycles. The van der Waals surface area contributed by atoms with E-state index in [2.05, 4.69) is 43.5 Å². The van der Waals surface area contributed by atoms with Crippen molar-refractivity contribution >= 4 is 18.3 Å². The fourth-order valence-electron chi connectivity index (χ4n) is 5.10. The topological polar surface area (TPSA) is 41.1 Å². The van der Waals surface area contributed by atoms with Gasteiger partial charge in [-0.05, 0) is 59.3 Å². The molecule has 1 amide bonds. The van der Waals surface area contributed by atoms with Crippen LogP contribution in [0.25, 0.3) is 0 Å². The van der Waals surface area contributed by atoms with Crippen LogP contribution in [0.5, 0.6) is 0 Å². The fourth-order valence-corrected chi connectivity index (χ4v) is 5.10. The number of hydrogen-bond donors (Lipinski definition) is 2. The minimum Gasteiger partial charge on any atom is -0.349 e. The highest BCUT2D eigenvalue weighted by molar-refractivity contribution is 5.94. The van der Waals surface area contributed by atoms with E-state index in [-0.39, 0.29) is 23.7 Å². The molecule has 2 bridgehead atoms. The maximum atomic E-state index is 12.7. The second-order valence-electron chi connectivity index (χ2n) is 8.22. The summed E-state index contributed by atoms with van der Waals surface area (Å²) in [4.78, 5) is 12.7. The Morgan fingerprint density at radius 2 is 1.96 bits per heavy atom. The fraction of sp³-hybridized carbons (Fsp3) is 0.632. The molecule has 2 fully saturated rings. The van der Waals surface area contributed by atoms with Crippen LogP contribution in [0, 0.1) is 16.7 Å². The molecule has 3 aliphatic rings. The van der Waals surface area contributed by atoms with Gasteiger partial charge in [0.25, 0.3) is 5.91 Å². The lowest BCUT2D eigenvalue weighted by Gasteiger charge is -2.39. The van der Waals surface area contributed by atoms with E-state index in [1.807, 2.05) is 6.07 Å². The first-order valence-corrected chi connectivity index (χ1v) is 8.55. The highest BCUT2D eigenvalue weighted by Crippen LogP contribution is 2.65. The predicted molar refractivity (Wildman–Crippen MR) is 94.7 cm³/mol. The number of fused-ring (bicyclic) bond motifs is 3. The maximum absolute atomic E-state index is 12.7. The molecule has 4 rings (SSSR count). The summed E-state index contributed by atoms with van der Waals surface area (Å²) in [5, 5.41) is 6.69. The summed E-state index contributed by atoms with van der Waals surface area (Å²) in [6.45, 7) is 8.95. The van der Waals surface area contributed by atoms with E-state index in [4.69, 9.17) is 0 Å². The molecule has 1 aromatic rings. The second kappa shape index (κ2) is 5.49. The van der Waals surface area contributed by atoms with Crippen molar-refractivity contribution in [3.05, 3.63) is 34.9 Å². The third kappa shape index (κ3) is 2.32. The van der Waals surface area contributed by atoms with Crippen molar-refractivity contribution < 1.29 is 4.79 Å². The Bertz CT molecular complexity index is 642. The predicted octanol–water partition coefficient (Wildman–Crippen LogP) is 3.66. The summed E-state index contributed by atoms with van der Waals surface area (Å²) in [7, 11) is 0. The van der Waals surface area contributed by atoms with Gasteiger partial charge in [0.2, 0.25) is 0 Å². The van der Waals surface area contributed by atoms with Crippen molar-refractivity contribution in [3.63, 3.8) is 0 Å². The largest absolute Gasteiger partial charge is 0.349 e. The van der Waals surface area contributed by atoms with Gasteiger partial charge in [0.1, 0.15) is 0 Å². The molecule has 126 valence electrons. The Hall–Kier alpha value is -1.06. The maximum Gasteiger partial charge on any atom is 0.251 e. The first-order valence-electron chi connectivity index (χ1n) is 8.55. The lowest BCUT2D eigenvalue weighted by atomic mass is 9.69. The zero-order chi connectivity index (χ0) is 15.5. The quantitative estimate of drug-likeness (QED) is 0.866. The van der Waals surface area contributed by atoms with Crippen LogP contribution in [0.1, 0.15) is 61.5 Å². The summed E-state index contributed by atoms with van der Waals surface area (Å²) in [6.07, 6.45) is 3.70. The molecule has 2 aliphatic carbocycles. The number of amides is 1. The molecule has 0 spiro atoms. The first kappa shape index (κ1) is 16.8. The summed E-state index contributed by atoms with van der Waals surface area (Å²) in [5.74, 6) is 0.858. The third-order valence-electron chi connectivity index (χ3n) is 7.20. The molecule has 4 heteroatoms. The van der Waals surface area contributed by atoms with Gasteiger partial charge in [-0.25, -0.2) is 0 Å². The van der Waals surface area contributed by atoms with Crippen LogP contribution in [0.2, 0.25) is 0 Å². The SMILES string of the molecule is CC1(C)C2CCC1(C)C(NC(=O)c1ccc3c(c1)CNC3)C2.Cl. The van der Waals surface area contributed by atoms with E-state index in [1.165, 1.54) is 24.0 Å². The van der Waals surface area contributed by atoms with Gasteiger partial charge in [-0.2, -0.15) is 0 Å². The van der Waals surface area contributed by atoms with Crippen molar-refractivity contribution in [3.8, 4) is 0 Å². The molecule has 2 saturated carbocycles. The Kier molecular flexibility index (Phi) is 4.01. The molecule has 0 saturated heterocycles. The minimum atomic E-state index is 0. The Morgan fingerprint density at radius 1 is 1.22 bits per heavy atom. The summed E-state index contributed by atoms with van der Waals surface area (Å²) in [5.41, 5.74) is 3.99. The molecule has 0 radical (unpaired) electrons. The number of halogens is 1. The summed E-state index contributed by atoms with van der Waals surface area (Å²) in [6, 6.07) is 6.45. The third-order valence-corrected chi connectivity index (χ3v) is 7.20. The molecular weight excluding hydrogens is 308 g/mol. The second-order valence-corrected chi connectivity index (χ2v) is 8.22. The van der Waals surface area contributed by atoms with Gasteiger partial charge in [-0.3, -0.25) is 4.79 Å². The van der Waals surface area contributed by atoms with Crippen molar-refractivity contribution in [2.45, 2.75) is 59.2 Å². The number of carbonyl (C=O) groups is 1. The van der Waals surface area contributed by atoms with Gasteiger partial charge < -0.3 is 10.6 Å². The summed E-state index contributed by atoms with van der Waals surface area (Å²) < 4.78 is 0. The van der Waals surface area contributed by atoms with E-state index in [1.54, 1.807) is 0 Å². The van der Waals surface area contributed by atoms with Gasteiger partial charge in [0, 0.05) is 24.7 Å². The number of benzene rings is 1. The molecule has 3 atom stereocenters. The van der Waals surface area contributed by atoms with Crippen LogP contribution in [0.4, 0.5) is 0 Å². The van der Waals surface area contributed by atoms with Gasteiger partial charge in [0.15, 0.2) is 0 Å². The van der Waals surface area contributed by atoms with Crippen LogP contribution >= 0.6 is 12.4 Å². The molecule has 23 heavy (non-hydrogen) atoms. The molecule has 1 aromatic carbocycles. The molecule has 3 nitrogen and oxygen atoms in total. The van der Waals surface area contributed by atoms with Crippen LogP contribution in [0.15, 0.2) is 18.2 Å². The molecule has 1 aliphatic heterocycles. The van der Waals surface area contributed by atoms with Gasteiger partial charge in [-0.1, -0.05) is 26.8 Å². The van der Waals surface area contributed by atoms with Crippen molar-refractivity contribution in [2.24, 2.45) is 16.7 Å². The average molecular weight is 335 g/mol. The first-order chi connectivity index (χ1) is 10.4. The van der Waals surface area contributed by atoms with Gasteiger partial charge in [-0.15, -0.1) is 12.4 Å². The monoisotopic (exact) mass is 334 g/mol. The minimum absolute atomic E-state index is 0. The van der Waals surface area contributed by atoms with E-state index >= 15 is 0 Å². The van der Waals surface area contributed by atoms with Crippen LogP contribution in [-0.2, 0) is 13.1 Å². The smallest absolute Gasteiger partial charge is 0.251 e. The molecular formula is C19H27ClN2O. The Labute approximate surface area is 145 Å². The van der Waals surface area contributed by atoms with Crippen LogP contribution in [-0.4, -0.2) is 11.9 Å². The molecule has 3 unspecified atom stereocenters. The van der Waals surface area contributed by atoms with E-state index < -0.39 is 0 Å². The van der Waals surface area contributed by atoms with Crippen molar-refractivity contribution in [1.82, 2.24) is 10.6 Å².